The Balaban J connectivity index is 2.32. The summed E-state index contributed by atoms with van der Waals surface area (Å²) in [5.74, 6) is 0. The van der Waals surface area contributed by atoms with Gasteiger partial charge >= 0.3 is 0 Å². The first-order valence-corrected chi connectivity index (χ1v) is 5.46. The van der Waals surface area contributed by atoms with E-state index in [0.29, 0.717) is 0 Å². The maximum atomic E-state index is 3.57. The van der Waals surface area contributed by atoms with Gasteiger partial charge in [-0.05, 0) is 43.4 Å². The Morgan fingerprint density at radius 2 is 2.07 bits per heavy atom. The first-order chi connectivity index (χ1) is 6.61. The van der Waals surface area contributed by atoms with Crippen molar-refractivity contribution in [2.75, 3.05) is 0 Å². The molecule has 0 aromatic heterocycles. The van der Waals surface area contributed by atoms with Gasteiger partial charge in [-0.3, -0.25) is 0 Å². The molecule has 0 spiro atoms. The summed E-state index contributed by atoms with van der Waals surface area (Å²) in [6.07, 6.45) is 2.28. The number of hydrogen-bond acceptors (Lipinski definition) is 1. The molecular formula is C13H19N. The number of nitrogens with one attached hydrogen (secondary N) is 1. The van der Waals surface area contributed by atoms with E-state index in [1.165, 1.54) is 16.7 Å². The van der Waals surface area contributed by atoms with Crippen LogP contribution in [-0.4, -0.2) is 5.54 Å². The molecule has 1 N–H and O–H groups in total. The van der Waals surface area contributed by atoms with Crippen molar-refractivity contribution in [2.24, 2.45) is 0 Å². The van der Waals surface area contributed by atoms with E-state index < -0.39 is 0 Å². The van der Waals surface area contributed by atoms with Gasteiger partial charge in [0.05, 0.1) is 0 Å². The Kier molecular flexibility index (Phi) is 2.36. The molecular weight excluding hydrogens is 170 g/mol. The fraction of sp³-hybridized carbons (Fsp3) is 0.538. The molecule has 0 amide bonds. The van der Waals surface area contributed by atoms with Crippen molar-refractivity contribution in [3.63, 3.8) is 0 Å². The Bertz CT molecular complexity index is 339. The Labute approximate surface area is 86.5 Å². The lowest BCUT2D eigenvalue weighted by Crippen LogP contribution is -2.44. The van der Waals surface area contributed by atoms with Gasteiger partial charge in [0.1, 0.15) is 0 Å². The number of benzene rings is 1. The summed E-state index contributed by atoms with van der Waals surface area (Å²) in [6, 6.07) is 6.91. The topological polar surface area (TPSA) is 12.0 Å². The van der Waals surface area contributed by atoms with Crippen molar-refractivity contribution in [1.29, 1.82) is 0 Å². The van der Waals surface area contributed by atoms with Crippen molar-refractivity contribution in [3.05, 3.63) is 34.9 Å². The second-order valence-corrected chi connectivity index (χ2v) is 4.87. The van der Waals surface area contributed by atoms with E-state index in [9.17, 15) is 0 Å². The molecule has 0 saturated heterocycles. The Hall–Kier alpha value is -0.820. The summed E-state index contributed by atoms with van der Waals surface area (Å²) in [4.78, 5) is 0. The van der Waals surface area contributed by atoms with Crippen LogP contribution >= 0.6 is 0 Å². The standard InChI is InChI=1S/C13H19N/c1-4-10-5-6-11-8-13(2,3)14-9-12(11)7-10/h5-7,14H,4,8-9H2,1-3H3. The van der Waals surface area contributed by atoms with Crippen LogP contribution in [0.25, 0.3) is 0 Å². The molecule has 1 aromatic rings. The third kappa shape index (κ3) is 1.83. The van der Waals surface area contributed by atoms with Crippen LogP contribution in [0, 0.1) is 0 Å². The van der Waals surface area contributed by atoms with Crippen LogP contribution in [0.4, 0.5) is 0 Å². The van der Waals surface area contributed by atoms with E-state index in [-0.39, 0.29) is 5.54 Å². The van der Waals surface area contributed by atoms with Gasteiger partial charge in [-0.1, -0.05) is 25.1 Å². The van der Waals surface area contributed by atoms with Crippen molar-refractivity contribution in [1.82, 2.24) is 5.32 Å². The Morgan fingerprint density at radius 1 is 1.29 bits per heavy atom. The van der Waals surface area contributed by atoms with Crippen LogP contribution < -0.4 is 5.32 Å². The SMILES string of the molecule is CCc1ccc2c(c1)CNC(C)(C)C2. The van der Waals surface area contributed by atoms with Crippen molar-refractivity contribution < 1.29 is 0 Å². The highest BCUT2D eigenvalue weighted by molar-refractivity contribution is 5.35. The molecule has 2 rings (SSSR count). The highest BCUT2D eigenvalue weighted by Gasteiger charge is 2.23. The fourth-order valence-electron chi connectivity index (χ4n) is 2.11. The molecule has 76 valence electrons. The Morgan fingerprint density at radius 3 is 2.79 bits per heavy atom. The molecule has 1 heterocycles. The van der Waals surface area contributed by atoms with Gasteiger partial charge in [-0.25, -0.2) is 0 Å². The fourth-order valence-corrected chi connectivity index (χ4v) is 2.11. The van der Waals surface area contributed by atoms with E-state index in [1.807, 2.05) is 0 Å². The molecule has 14 heavy (non-hydrogen) atoms. The van der Waals surface area contributed by atoms with Crippen LogP contribution in [0.3, 0.4) is 0 Å². The second kappa shape index (κ2) is 3.39. The zero-order valence-corrected chi connectivity index (χ0v) is 9.35. The molecule has 0 radical (unpaired) electrons. The zero-order valence-electron chi connectivity index (χ0n) is 9.35. The highest BCUT2D eigenvalue weighted by Crippen LogP contribution is 2.23. The lowest BCUT2D eigenvalue weighted by atomic mass is 9.87. The summed E-state index contributed by atoms with van der Waals surface area (Å²) >= 11 is 0. The molecule has 0 unspecified atom stereocenters. The molecule has 0 saturated carbocycles. The highest BCUT2D eigenvalue weighted by atomic mass is 15.0. The number of fused-ring (bicyclic) bond motifs is 1. The van der Waals surface area contributed by atoms with Crippen LogP contribution in [0.5, 0.6) is 0 Å². The molecule has 1 aliphatic rings. The number of rotatable bonds is 1. The molecule has 1 aromatic carbocycles. The summed E-state index contributed by atoms with van der Waals surface area (Å²) in [5, 5.41) is 3.57. The van der Waals surface area contributed by atoms with E-state index in [2.05, 4.69) is 44.3 Å². The van der Waals surface area contributed by atoms with Gasteiger partial charge in [0, 0.05) is 12.1 Å². The molecule has 1 heteroatoms. The van der Waals surface area contributed by atoms with Crippen molar-refractivity contribution in [2.45, 2.75) is 45.7 Å². The van der Waals surface area contributed by atoms with Gasteiger partial charge in [-0.2, -0.15) is 0 Å². The molecule has 0 aliphatic carbocycles. The average Bonchev–Trinajstić information content (AvgIpc) is 2.16. The first-order valence-electron chi connectivity index (χ1n) is 5.46. The normalized spacial score (nSPS) is 19.1. The van der Waals surface area contributed by atoms with Crippen LogP contribution in [-0.2, 0) is 19.4 Å². The van der Waals surface area contributed by atoms with Gasteiger partial charge in [-0.15, -0.1) is 0 Å². The molecule has 1 nitrogen and oxygen atoms in total. The third-order valence-electron chi connectivity index (χ3n) is 3.07. The molecule has 0 atom stereocenters. The minimum atomic E-state index is 0.265. The maximum absolute atomic E-state index is 3.57. The van der Waals surface area contributed by atoms with Gasteiger partial charge in [0.2, 0.25) is 0 Å². The second-order valence-electron chi connectivity index (χ2n) is 4.87. The van der Waals surface area contributed by atoms with Crippen LogP contribution in [0.2, 0.25) is 0 Å². The van der Waals surface area contributed by atoms with E-state index >= 15 is 0 Å². The summed E-state index contributed by atoms with van der Waals surface area (Å²) in [5.41, 5.74) is 4.72. The minimum Gasteiger partial charge on any atom is -0.307 e. The smallest absolute Gasteiger partial charge is 0.0213 e. The van der Waals surface area contributed by atoms with Crippen molar-refractivity contribution in [3.8, 4) is 0 Å². The predicted molar refractivity (Wildman–Crippen MR) is 60.4 cm³/mol. The van der Waals surface area contributed by atoms with E-state index in [0.717, 1.165) is 19.4 Å². The minimum absolute atomic E-state index is 0.265. The van der Waals surface area contributed by atoms with Crippen molar-refractivity contribution >= 4 is 0 Å². The molecule has 0 bridgehead atoms. The summed E-state index contributed by atoms with van der Waals surface area (Å²) < 4.78 is 0. The van der Waals surface area contributed by atoms with Crippen LogP contribution in [0.1, 0.15) is 37.5 Å². The largest absolute Gasteiger partial charge is 0.307 e. The number of hydrogen-bond donors (Lipinski definition) is 1. The van der Waals surface area contributed by atoms with Gasteiger partial charge in [0.15, 0.2) is 0 Å². The average molecular weight is 189 g/mol. The van der Waals surface area contributed by atoms with Gasteiger partial charge < -0.3 is 5.32 Å². The van der Waals surface area contributed by atoms with Crippen LogP contribution in [0.15, 0.2) is 18.2 Å². The number of aryl methyl sites for hydroxylation is 1. The lowest BCUT2D eigenvalue weighted by Gasteiger charge is -2.33. The van der Waals surface area contributed by atoms with Gasteiger partial charge in [0.25, 0.3) is 0 Å². The summed E-state index contributed by atoms with van der Waals surface area (Å²) in [7, 11) is 0. The zero-order chi connectivity index (χ0) is 10.2. The molecule has 1 aliphatic heterocycles. The molecule has 0 fully saturated rings. The maximum Gasteiger partial charge on any atom is 0.0213 e. The van der Waals surface area contributed by atoms with E-state index in [4.69, 9.17) is 0 Å². The summed E-state index contributed by atoms with van der Waals surface area (Å²) in [6.45, 7) is 7.77. The van der Waals surface area contributed by atoms with E-state index in [1.54, 1.807) is 0 Å². The third-order valence-corrected chi connectivity index (χ3v) is 3.07. The first kappa shape index (κ1) is 9.72. The lowest BCUT2D eigenvalue weighted by molar-refractivity contribution is 0.362. The quantitative estimate of drug-likeness (QED) is 0.716. The predicted octanol–water partition coefficient (Wildman–Crippen LogP) is 2.67. The monoisotopic (exact) mass is 189 g/mol.